The molecule has 10 nitrogen and oxygen atoms in total. The summed E-state index contributed by atoms with van der Waals surface area (Å²) < 4.78 is 16.7. The van der Waals surface area contributed by atoms with E-state index in [1.807, 2.05) is 0 Å². The lowest BCUT2D eigenvalue weighted by Crippen LogP contribution is -2.34. The summed E-state index contributed by atoms with van der Waals surface area (Å²) in [6.45, 7) is 0. The number of rotatable bonds is 6. The first-order chi connectivity index (χ1) is 17.5. The Kier molecular flexibility index (Phi) is 5.83. The van der Waals surface area contributed by atoms with E-state index in [2.05, 4.69) is 10.3 Å². The number of benzene rings is 3. The second-order valence-electron chi connectivity index (χ2n) is 7.61. The lowest BCUT2D eigenvalue weighted by Gasteiger charge is -2.14. The Balaban J connectivity index is 1.27. The first kappa shape index (κ1) is 22.7. The van der Waals surface area contributed by atoms with Crippen molar-refractivity contribution >= 4 is 34.5 Å². The number of amides is 3. The highest BCUT2D eigenvalue weighted by Crippen LogP contribution is 2.37. The van der Waals surface area contributed by atoms with E-state index in [9.17, 15) is 14.4 Å². The summed E-state index contributed by atoms with van der Waals surface area (Å²) in [5.41, 5.74) is 1.39. The van der Waals surface area contributed by atoms with Gasteiger partial charge in [-0.15, -0.1) is 0 Å². The predicted octanol–water partition coefficient (Wildman–Crippen LogP) is 4.80. The summed E-state index contributed by atoms with van der Waals surface area (Å²) in [6, 6.07) is 18.0. The van der Waals surface area contributed by atoms with Crippen LogP contribution in [0, 0.1) is 0 Å². The summed E-state index contributed by atoms with van der Waals surface area (Å²) in [4.78, 5) is 46.3. The van der Waals surface area contributed by atoms with Crippen LogP contribution in [-0.4, -0.2) is 42.2 Å². The van der Waals surface area contributed by atoms with Gasteiger partial charge in [-0.25, -0.2) is 4.79 Å². The van der Waals surface area contributed by atoms with Crippen molar-refractivity contribution in [3.05, 3.63) is 84.1 Å². The number of nitrogens with one attached hydrogen (secondary N) is 1. The third-order valence-corrected chi connectivity index (χ3v) is 5.47. The van der Waals surface area contributed by atoms with Crippen LogP contribution in [0.5, 0.6) is 23.0 Å². The Hall–Kier alpha value is -5.12. The molecule has 1 aliphatic heterocycles. The van der Waals surface area contributed by atoms with Crippen LogP contribution in [0.15, 0.2) is 72.9 Å². The Bertz CT molecular complexity index is 1470. The van der Waals surface area contributed by atoms with Gasteiger partial charge in [0.1, 0.15) is 11.5 Å². The van der Waals surface area contributed by atoms with Crippen molar-refractivity contribution in [2.45, 2.75) is 0 Å². The average Bonchev–Trinajstić information content (AvgIpc) is 3.14. The molecule has 0 unspecified atom stereocenters. The van der Waals surface area contributed by atoms with Crippen molar-refractivity contribution in [1.82, 2.24) is 10.0 Å². The zero-order chi connectivity index (χ0) is 25.2. The maximum absolute atomic E-state index is 12.3. The van der Waals surface area contributed by atoms with E-state index in [0.717, 1.165) is 5.39 Å². The Morgan fingerprint density at radius 2 is 1.47 bits per heavy atom. The minimum atomic E-state index is -0.987. The van der Waals surface area contributed by atoms with Gasteiger partial charge in [0.25, 0.3) is 11.8 Å². The van der Waals surface area contributed by atoms with Gasteiger partial charge in [0.15, 0.2) is 11.5 Å². The highest BCUT2D eigenvalue weighted by molar-refractivity contribution is 6.21. The van der Waals surface area contributed by atoms with Crippen molar-refractivity contribution in [3.63, 3.8) is 0 Å². The number of ether oxygens (including phenoxy) is 3. The zero-order valence-electron chi connectivity index (χ0n) is 19.2. The van der Waals surface area contributed by atoms with Gasteiger partial charge in [-0.2, -0.15) is 0 Å². The van der Waals surface area contributed by atoms with Crippen molar-refractivity contribution in [2.75, 3.05) is 19.5 Å². The number of fused-ring (bicyclic) bond motifs is 2. The summed E-state index contributed by atoms with van der Waals surface area (Å²) in [6.07, 6.45) is 0.633. The number of carbonyl (C=O) groups excluding carboxylic acids is 3. The second-order valence-corrected chi connectivity index (χ2v) is 7.61. The largest absolute Gasteiger partial charge is 0.493 e. The van der Waals surface area contributed by atoms with Crippen LogP contribution in [0.1, 0.15) is 20.7 Å². The van der Waals surface area contributed by atoms with Crippen LogP contribution < -0.4 is 19.5 Å². The minimum Gasteiger partial charge on any atom is -0.493 e. The number of nitrogens with zero attached hydrogens (tertiary/aromatic N) is 2. The average molecular weight is 485 g/mol. The fourth-order valence-electron chi connectivity index (χ4n) is 3.74. The van der Waals surface area contributed by atoms with Crippen LogP contribution in [0.2, 0.25) is 0 Å². The van der Waals surface area contributed by atoms with Gasteiger partial charge >= 0.3 is 6.09 Å². The molecule has 0 saturated carbocycles. The minimum absolute atomic E-state index is 0.177. The number of anilines is 1. The Morgan fingerprint density at radius 3 is 2.11 bits per heavy atom. The molecule has 3 amide bonds. The molecule has 2 heterocycles. The number of aromatic nitrogens is 1. The van der Waals surface area contributed by atoms with E-state index in [4.69, 9.17) is 19.0 Å². The van der Waals surface area contributed by atoms with E-state index in [1.165, 1.54) is 12.1 Å². The van der Waals surface area contributed by atoms with Gasteiger partial charge in [0.05, 0.1) is 30.9 Å². The molecule has 5 rings (SSSR count). The summed E-state index contributed by atoms with van der Waals surface area (Å²) in [5, 5.41) is 3.65. The zero-order valence-corrected chi connectivity index (χ0v) is 19.2. The van der Waals surface area contributed by atoms with Crippen molar-refractivity contribution in [2.24, 2.45) is 0 Å². The topological polar surface area (TPSA) is 116 Å². The van der Waals surface area contributed by atoms with Gasteiger partial charge in [0.2, 0.25) is 0 Å². The standard InChI is InChI=1S/C26H19N3O7/c1-33-22-13-19-20(14-23(22)34-2)27-12-11-21(19)35-16-9-7-15(8-10-16)28-26(32)36-29-24(30)17-5-3-4-6-18(17)25(29)31/h3-14H,1-2H3,(H,28,32). The van der Waals surface area contributed by atoms with E-state index in [1.54, 1.807) is 75.0 Å². The van der Waals surface area contributed by atoms with Crippen LogP contribution in [-0.2, 0) is 4.84 Å². The number of pyridine rings is 1. The molecular formula is C26H19N3O7. The lowest BCUT2D eigenvalue weighted by atomic mass is 10.1. The van der Waals surface area contributed by atoms with Gasteiger partial charge in [0, 0.05) is 23.3 Å². The molecule has 180 valence electrons. The molecule has 36 heavy (non-hydrogen) atoms. The first-order valence-corrected chi connectivity index (χ1v) is 10.7. The third kappa shape index (κ3) is 4.11. The molecule has 1 N–H and O–H groups in total. The maximum atomic E-state index is 12.3. The van der Waals surface area contributed by atoms with Gasteiger partial charge in [-0.3, -0.25) is 19.9 Å². The highest BCUT2D eigenvalue weighted by atomic mass is 16.7. The third-order valence-electron chi connectivity index (χ3n) is 5.47. The van der Waals surface area contributed by atoms with Crippen LogP contribution >= 0.6 is 0 Å². The molecular weight excluding hydrogens is 466 g/mol. The summed E-state index contributed by atoms with van der Waals surface area (Å²) in [7, 11) is 3.10. The van der Waals surface area contributed by atoms with Gasteiger partial charge in [-0.1, -0.05) is 17.2 Å². The lowest BCUT2D eigenvalue weighted by molar-refractivity contribution is -0.0398. The number of imide groups is 1. The quantitative estimate of drug-likeness (QED) is 0.387. The molecule has 3 aromatic carbocycles. The van der Waals surface area contributed by atoms with E-state index < -0.39 is 17.9 Å². The van der Waals surface area contributed by atoms with Gasteiger partial charge < -0.3 is 19.0 Å². The smallest absolute Gasteiger partial charge is 0.436 e. The van der Waals surface area contributed by atoms with Crippen molar-refractivity contribution < 1.29 is 33.4 Å². The van der Waals surface area contributed by atoms with E-state index >= 15 is 0 Å². The fraction of sp³-hybridized carbons (Fsp3) is 0.0769. The molecule has 0 spiro atoms. The number of methoxy groups -OCH3 is 2. The first-order valence-electron chi connectivity index (χ1n) is 10.7. The van der Waals surface area contributed by atoms with Crippen LogP contribution in [0.25, 0.3) is 10.9 Å². The monoisotopic (exact) mass is 485 g/mol. The van der Waals surface area contributed by atoms with Crippen LogP contribution in [0.3, 0.4) is 0 Å². The molecule has 0 fully saturated rings. The number of hydrogen-bond acceptors (Lipinski definition) is 8. The summed E-state index contributed by atoms with van der Waals surface area (Å²) in [5.74, 6) is 0.738. The van der Waals surface area contributed by atoms with E-state index in [-0.39, 0.29) is 11.1 Å². The number of hydrogen-bond donors (Lipinski definition) is 1. The van der Waals surface area contributed by atoms with Crippen molar-refractivity contribution in [1.29, 1.82) is 0 Å². The highest BCUT2D eigenvalue weighted by Gasteiger charge is 2.38. The maximum Gasteiger partial charge on any atom is 0.436 e. The normalized spacial score (nSPS) is 12.3. The van der Waals surface area contributed by atoms with Crippen molar-refractivity contribution in [3.8, 4) is 23.0 Å². The molecule has 4 aromatic rings. The summed E-state index contributed by atoms with van der Waals surface area (Å²) >= 11 is 0. The van der Waals surface area contributed by atoms with Gasteiger partial charge in [-0.05, 0) is 48.5 Å². The fourth-order valence-corrected chi connectivity index (χ4v) is 3.74. The Morgan fingerprint density at radius 1 is 0.833 bits per heavy atom. The second kappa shape index (κ2) is 9.26. The molecule has 1 aromatic heterocycles. The molecule has 0 aliphatic carbocycles. The SMILES string of the molecule is COc1cc2nccc(Oc3ccc(NC(=O)ON4C(=O)c5ccccc5C4=O)cc3)c2cc1OC. The van der Waals surface area contributed by atoms with E-state index in [0.29, 0.717) is 39.3 Å². The predicted molar refractivity (Wildman–Crippen MR) is 128 cm³/mol. The molecule has 0 radical (unpaired) electrons. The van der Waals surface area contributed by atoms with Crippen LogP contribution in [0.4, 0.5) is 10.5 Å². The Labute approximate surface area is 204 Å². The number of hydroxylamine groups is 2. The molecule has 0 saturated heterocycles. The molecule has 10 heteroatoms. The molecule has 0 atom stereocenters. The molecule has 1 aliphatic rings. The number of carbonyl (C=O) groups is 3. The molecule has 0 bridgehead atoms.